The average molecular weight is 566 g/mol. The van der Waals surface area contributed by atoms with E-state index in [9.17, 15) is 0 Å². The van der Waals surface area contributed by atoms with E-state index in [-0.39, 0.29) is 0 Å². The number of rotatable bonds is 3. The second-order valence-corrected chi connectivity index (χ2v) is 11.8. The molecule has 0 amide bonds. The van der Waals surface area contributed by atoms with Crippen LogP contribution in [0.1, 0.15) is 0 Å². The Bertz CT molecular complexity index is 2460. The zero-order chi connectivity index (χ0) is 28.3. The van der Waals surface area contributed by atoms with E-state index in [1.54, 1.807) is 11.3 Å². The summed E-state index contributed by atoms with van der Waals surface area (Å²) in [5, 5.41) is 7.99. The molecule has 0 spiro atoms. The SMILES string of the molecule is c1ccc(-c2nc3cc(-c4c5ccccc5c(-c5ccc6ccc7cccnc7c6n5)c5ccccc45)ccc3s2)cc1. The molecule has 0 N–H and O–H groups in total. The van der Waals surface area contributed by atoms with Gasteiger partial charge in [0, 0.05) is 28.1 Å². The fourth-order valence-corrected chi connectivity index (χ4v) is 7.32. The van der Waals surface area contributed by atoms with Gasteiger partial charge in [-0.1, -0.05) is 109 Å². The molecular weight excluding hydrogens is 543 g/mol. The van der Waals surface area contributed by atoms with E-state index < -0.39 is 0 Å². The van der Waals surface area contributed by atoms with Crippen molar-refractivity contribution in [3.63, 3.8) is 0 Å². The van der Waals surface area contributed by atoms with Crippen LogP contribution in [-0.2, 0) is 0 Å². The summed E-state index contributed by atoms with van der Waals surface area (Å²) < 4.78 is 1.19. The predicted octanol–water partition coefficient (Wildman–Crippen LogP) is 10.7. The Kier molecular flexibility index (Phi) is 5.37. The first-order chi connectivity index (χ1) is 21.3. The summed E-state index contributed by atoms with van der Waals surface area (Å²) in [5.41, 5.74) is 8.51. The lowest BCUT2D eigenvalue weighted by atomic mass is 9.87. The Morgan fingerprint density at radius 2 is 1.12 bits per heavy atom. The summed E-state index contributed by atoms with van der Waals surface area (Å²) in [5.74, 6) is 0. The smallest absolute Gasteiger partial charge is 0.124 e. The lowest BCUT2D eigenvalue weighted by Crippen LogP contribution is -1.93. The number of pyridine rings is 2. The second kappa shape index (κ2) is 9.55. The maximum absolute atomic E-state index is 5.28. The summed E-state index contributed by atoms with van der Waals surface area (Å²) in [6.07, 6.45) is 1.84. The van der Waals surface area contributed by atoms with Crippen molar-refractivity contribution in [3.8, 4) is 33.0 Å². The van der Waals surface area contributed by atoms with Crippen LogP contribution in [0, 0.1) is 0 Å². The van der Waals surface area contributed by atoms with Crippen molar-refractivity contribution in [2.75, 3.05) is 0 Å². The van der Waals surface area contributed by atoms with Gasteiger partial charge < -0.3 is 0 Å². The fourth-order valence-electron chi connectivity index (χ4n) is 6.37. The Morgan fingerprint density at radius 1 is 0.465 bits per heavy atom. The van der Waals surface area contributed by atoms with Crippen LogP contribution in [0.2, 0.25) is 0 Å². The monoisotopic (exact) mass is 565 g/mol. The van der Waals surface area contributed by atoms with E-state index >= 15 is 0 Å². The molecule has 0 aliphatic rings. The molecule has 0 atom stereocenters. The lowest BCUT2D eigenvalue weighted by molar-refractivity contribution is 1.38. The largest absolute Gasteiger partial charge is 0.254 e. The van der Waals surface area contributed by atoms with Crippen molar-refractivity contribution in [3.05, 3.63) is 140 Å². The van der Waals surface area contributed by atoms with E-state index in [1.165, 1.54) is 31.8 Å². The van der Waals surface area contributed by atoms with Gasteiger partial charge in [0.05, 0.1) is 26.9 Å². The molecule has 3 aromatic heterocycles. The molecule has 6 aromatic carbocycles. The first-order valence-electron chi connectivity index (χ1n) is 14.4. The number of hydrogen-bond acceptors (Lipinski definition) is 4. The van der Waals surface area contributed by atoms with Gasteiger partial charge in [0.15, 0.2) is 0 Å². The second-order valence-electron chi connectivity index (χ2n) is 10.8. The quantitative estimate of drug-likeness (QED) is 0.158. The zero-order valence-electron chi connectivity index (χ0n) is 23.0. The van der Waals surface area contributed by atoms with Crippen LogP contribution < -0.4 is 0 Å². The van der Waals surface area contributed by atoms with Gasteiger partial charge in [-0.3, -0.25) is 4.98 Å². The maximum Gasteiger partial charge on any atom is 0.124 e. The van der Waals surface area contributed by atoms with Gasteiger partial charge in [-0.2, -0.15) is 0 Å². The van der Waals surface area contributed by atoms with E-state index in [4.69, 9.17) is 15.0 Å². The Labute approximate surface area is 251 Å². The number of benzene rings is 6. The van der Waals surface area contributed by atoms with Crippen molar-refractivity contribution in [2.45, 2.75) is 0 Å². The maximum atomic E-state index is 5.28. The highest BCUT2D eigenvalue weighted by atomic mass is 32.1. The molecule has 3 nitrogen and oxygen atoms in total. The van der Waals surface area contributed by atoms with Crippen LogP contribution in [0.15, 0.2) is 140 Å². The minimum atomic E-state index is 0.927. The summed E-state index contributed by atoms with van der Waals surface area (Å²) in [7, 11) is 0. The highest BCUT2D eigenvalue weighted by Gasteiger charge is 2.18. The van der Waals surface area contributed by atoms with Crippen molar-refractivity contribution >= 4 is 64.9 Å². The first-order valence-corrected chi connectivity index (χ1v) is 15.2. The Morgan fingerprint density at radius 3 is 1.86 bits per heavy atom. The van der Waals surface area contributed by atoms with Crippen LogP contribution in [-0.4, -0.2) is 15.0 Å². The fraction of sp³-hybridized carbons (Fsp3) is 0. The molecule has 0 aliphatic heterocycles. The molecular formula is C39H23N3S. The van der Waals surface area contributed by atoms with Gasteiger partial charge in [-0.05, 0) is 56.9 Å². The third kappa shape index (κ3) is 3.84. The molecule has 0 saturated carbocycles. The first kappa shape index (κ1) is 24.2. The van der Waals surface area contributed by atoms with Crippen LogP contribution >= 0.6 is 11.3 Å². The number of nitrogens with zero attached hydrogens (tertiary/aromatic N) is 3. The van der Waals surface area contributed by atoms with E-state index in [1.807, 2.05) is 18.3 Å². The summed E-state index contributed by atoms with van der Waals surface area (Å²) >= 11 is 1.74. The van der Waals surface area contributed by atoms with Crippen molar-refractivity contribution in [1.29, 1.82) is 0 Å². The highest BCUT2D eigenvalue weighted by Crippen LogP contribution is 2.44. The predicted molar refractivity (Wildman–Crippen MR) is 182 cm³/mol. The molecule has 0 unspecified atom stereocenters. The lowest BCUT2D eigenvalue weighted by Gasteiger charge is -2.17. The molecule has 4 heteroatoms. The van der Waals surface area contributed by atoms with Crippen LogP contribution in [0.25, 0.3) is 86.5 Å². The van der Waals surface area contributed by atoms with Crippen molar-refractivity contribution in [1.82, 2.24) is 15.0 Å². The Balaban J connectivity index is 1.31. The average Bonchev–Trinajstić information content (AvgIpc) is 3.51. The van der Waals surface area contributed by atoms with Gasteiger partial charge in [0.1, 0.15) is 5.01 Å². The molecule has 0 aliphatic carbocycles. The highest BCUT2D eigenvalue weighted by molar-refractivity contribution is 7.21. The topological polar surface area (TPSA) is 38.7 Å². The third-order valence-electron chi connectivity index (χ3n) is 8.32. The standard InChI is InChI=1S/C39H23N3S/c1-2-9-26(10-3-1)39-42-33-23-27(19-21-34(33)43-39)35-28-12-4-6-14-30(28)36(31-15-7-5-13-29(31)35)32-20-18-25-17-16-24-11-8-22-40-37(24)38(25)41-32/h1-23H. The van der Waals surface area contributed by atoms with Crippen LogP contribution in [0.4, 0.5) is 0 Å². The number of aromatic nitrogens is 3. The zero-order valence-corrected chi connectivity index (χ0v) is 23.8. The number of thiazole rings is 1. The third-order valence-corrected chi connectivity index (χ3v) is 9.40. The van der Waals surface area contributed by atoms with E-state index in [0.717, 1.165) is 54.7 Å². The summed E-state index contributed by atoms with van der Waals surface area (Å²) in [6, 6.07) is 47.2. The molecule has 200 valence electrons. The number of fused-ring (bicyclic) bond motifs is 6. The number of hydrogen-bond donors (Lipinski definition) is 0. The molecule has 0 radical (unpaired) electrons. The summed E-state index contributed by atoms with van der Waals surface area (Å²) in [4.78, 5) is 15.0. The van der Waals surface area contributed by atoms with Crippen LogP contribution in [0.3, 0.4) is 0 Å². The minimum absolute atomic E-state index is 0.927. The van der Waals surface area contributed by atoms with E-state index in [2.05, 4.69) is 121 Å². The van der Waals surface area contributed by atoms with Gasteiger partial charge >= 0.3 is 0 Å². The molecule has 9 aromatic rings. The molecule has 0 bridgehead atoms. The molecule has 3 heterocycles. The van der Waals surface area contributed by atoms with Gasteiger partial charge in [0.25, 0.3) is 0 Å². The van der Waals surface area contributed by atoms with Crippen molar-refractivity contribution < 1.29 is 0 Å². The molecule has 43 heavy (non-hydrogen) atoms. The normalized spacial score (nSPS) is 11.7. The van der Waals surface area contributed by atoms with Crippen molar-refractivity contribution in [2.24, 2.45) is 0 Å². The van der Waals surface area contributed by atoms with Gasteiger partial charge in [-0.15, -0.1) is 11.3 Å². The van der Waals surface area contributed by atoms with Gasteiger partial charge in [-0.25, -0.2) is 9.97 Å². The molecule has 0 saturated heterocycles. The Hall–Kier alpha value is -5.45. The minimum Gasteiger partial charge on any atom is -0.254 e. The van der Waals surface area contributed by atoms with Crippen LogP contribution in [0.5, 0.6) is 0 Å². The molecule has 9 rings (SSSR count). The van der Waals surface area contributed by atoms with E-state index in [0.29, 0.717) is 0 Å². The summed E-state index contributed by atoms with van der Waals surface area (Å²) in [6.45, 7) is 0. The van der Waals surface area contributed by atoms with Gasteiger partial charge in [0.2, 0.25) is 0 Å². The molecule has 0 fully saturated rings.